The Morgan fingerprint density at radius 1 is 1.25 bits per heavy atom. The fourth-order valence-electron chi connectivity index (χ4n) is 2.35. The number of rotatable bonds is 4. The summed E-state index contributed by atoms with van der Waals surface area (Å²) in [5, 5.41) is 5.56. The van der Waals surface area contributed by atoms with Crippen molar-refractivity contribution in [3.63, 3.8) is 0 Å². The van der Waals surface area contributed by atoms with E-state index in [-0.39, 0.29) is 6.04 Å². The zero-order valence-corrected chi connectivity index (χ0v) is 12.4. The zero-order valence-electron chi connectivity index (χ0n) is 11.6. The van der Waals surface area contributed by atoms with Gasteiger partial charge in [0.05, 0.1) is 30.5 Å². The molecule has 0 bridgehead atoms. The first-order chi connectivity index (χ1) is 9.83. The summed E-state index contributed by atoms with van der Waals surface area (Å²) in [7, 11) is 0. The Balaban J connectivity index is 1.63. The second kappa shape index (κ2) is 6.24. The highest BCUT2D eigenvalue weighted by Gasteiger charge is 2.11. The molecule has 20 heavy (non-hydrogen) atoms. The van der Waals surface area contributed by atoms with Gasteiger partial charge in [0.2, 0.25) is 0 Å². The van der Waals surface area contributed by atoms with Gasteiger partial charge in [-0.25, -0.2) is 4.98 Å². The Morgan fingerprint density at radius 3 is 2.65 bits per heavy atom. The normalized spacial score (nSPS) is 16.9. The summed E-state index contributed by atoms with van der Waals surface area (Å²) in [6.45, 7) is 5.72. The molecule has 5 heteroatoms. The van der Waals surface area contributed by atoms with Crippen molar-refractivity contribution in [3.8, 4) is 0 Å². The van der Waals surface area contributed by atoms with Gasteiger partial charge in [0.25, 0.3) is 0 Å². The van der Waals surface area contributed by atoms with Crippen molar-refractivity contribution in [1.82, 2.24) is 4.98 Å². The largest absolute Gasteiger partial charge is 0.378 e. The van der Waals surface area contributed by atoms with Crippen LogP contribution in [0.4, 0.5) is 11.4 Å². The van der Waals surface area contributed by atoms with Crippen molar-refractivity contribution in [2.24, 2.45) is 0 Å². The summed E-state index contributed by atoms with van der Waals surface area (Å²) < 4.78 is 5.38. The number of aromatic nitrogens is 1. The molecule has 0 amide bonds. The highest BCUT2D eigenvalue weighted by molar-refractivity contribution is 7.07. The van der Waals surface area contributed by atoms with Gasteiger partial charge in [-0.3, -0.25) is 0 Å². The second-order valence-electron chi connectivity index (χ2n) is 4.93. The van der Waals surface area contributed by atoms with E-state index in [1.165, 1.54) is 5.69 Å². The molecule has 3 rings (SSSR count). The van der Waals surface area contributed by atoms with Crippen LogP contribution in [0.3, 0.4) is 0 Å². The average Bonchev–Trinajstić information content (AvgIpc) is 3.03. The monoisotopic (exact) mass is 289 g/mol. The van der Waals surface area contributed by atoms with Gasteiger partial charge in [0.15, 0.2) is 0 Å². The van der Waals surface area contributed by atoms with E-state index in [1.807, 2.05) is 5.51 Å². The van der Waals surface area contributed by atoms with Gasteiger partial charge < -0.3 is 15.0 Å². The van der Waals surface area contributed by atoms with Crippen LogP contribution in [-0.4, -0.2) is 31.3 Å². The standard InChI is InChI=1S/C15H19N3OS/c1-12(15-10-20-11-16-15)17-13-2-4-14(5-3-13)18-6-8-19-9-7-18/h2-5,10-12,17H,6-9H2,1H3. The van der Waals surface area contributed by atoms with Gasteiger partial charge in [-0.2, -0.15) is 0 Å². The molecule has 1 aliphatic rings. The molecule has 0 aliphatic carbocycles. The molecule has 1 aliphatic heterocycles. The van der Waals surface area contributed by atoms with Crippen LogP contribution in [0.15, 0.2) is 35.2 Å². The van der Waals surface area contributed by atoms with Crippen LogP contribution in [0.5, 0.6) is 0 Å². The smallest absolute Gasteiger partial charge is 0.0795 e. The number of anilines is 2. The van der Waals surface area contributed by atoms with Crippen LogP contribution < -0.4 is 10.2 Å². The molecule has 1 aromatic carbocycles. The van der Waals surface area contributed by atoms with Gasteiger partial charge in [-0.1, -0.05) is 0 Å². The van der Waals surface area contributed by atoms with Crippen molar-refractivity contribution in [2.75, 3.05) is 36.5 Å². The van der Waals surface area contributed by atoms with Crippen LogP contribution in [0.1, 0.15) is 18.7 Å². The predicted octanol–water partition coefficient (Wildman–Crippen LogP) is 3.15. The van der Waals surface area contributed by atoms with Crippen LogP contribution in [-0.2, 0) is 4.74 Å². The molecule has 1 aromatic heterocycles. The van der Waals surface area contributed by atoms with Crippen molar-refractivity contribution in [3.05, 3.63) is 40.8 Å². The van der Waals surface area contributed by atoms with E-state index < -0.39 is 0 Å². The van der Waals surface area contributed by atoms with Gasteiger partial charge >= 0.3 is 0 Å². The van der Waals surface area contributed by atoms with E-state index in [4.69, 9.17) is 4.74 Å². The Kier molecular flexibility index (Phi) is 4.18. The van der Waals surface area contributed by atoms with E-state index in [2.05, 4.69) is 51.8 Å². The van der Waals surface area contributed by atoms with E-state index in [0.717, 1.165) is 37.7 Å². The summed E-state index contributed by atoms with van der Waals surface area (Å²) >= 11 is 1.63. The molecule has 1 fully saturated rings. The lowest BCUT2D eigenvalue weighted by Crippen LogP contribution is -2.36. The molecule has 0 saturated carbocycles. The average molecular weight is 289 g/mol. The summed E-state index contributed by atoms with van der Waals surface area (Å²) in [6.07, 6.45) is 0. The number of hydrogen-bond acceptors (Lipinski definition) is 5. The van der Waals surface area contributed by atoms with E-state index in [9.17, 15) is 0 Å². The Labute approximate surface area is 123 Å². The third-order valence-corrected chi connectivity index (χ3v) is 4.13. The summed E-state index contributed by atoms with van der Waals surface area (Å²) in [6, 6.07) is 8.83. The number of ether oxygens (including phenoxy) is 1. The maximum atomic E-state index is 5.38. The number of nitrogens with one attached hydrogen (secondary N) is 1. The van der Waals surface area contributed by atoms with Crippen molar-refractivity contribution in [2.45, 2.75) is 13.0 Å². The zero-order chi connectivity index (χ0) is 13.8. The molecular formula is C15H19N3OS. The fourth-order valence-corrected chi connectivity index (χ4v) is 3.00. The lowest BCUT2D eigenvalue weighted by Gasteiger charge is -2.29. The topological polar surface area (TPSA) is 37.4 Å². The van der Waals surface area contributed by atoms with E-state index in [0.29, 0.717) is 0 Å². The fraction of sp³-hybridized carbons (Fsp3) is 0.400. The van der Waals surface area contributed by atoms with E-state index >= 15 is 0 Å². The summed E-state index contributed by atoms with van der Waals surface area (Å²) in [5.74, 6) is 0. The maximum absolute atomic E-state index is 5.38. The third kappa shape index (κ3) is 3.11. The molecule has 2 heterocycles. The Hall–Kier alpha value is -1.59. The summed E-state index contributed by atoms with van der Waals surface area (Å²) in [4.78, 5) is 6.70. The lowest BCUT2D eigenvalue weighted by molar-refractivity contribution is 0.122. The van der Waals surface area contributed by atoms with Crippen molar-refractivity contribution in [1.29, 1.82) is 0 Å². The number of benzene rings is 1. The lowest BCUT2D eigenvalue weighted by atomic mass is 10.2. The van der Waals surface area contributed by atoms with Gasteiger partial charge in [-0.15, -0.1) is 11.3 Å². The number of nitrogens with zero attached hydrogens (tertiary/aromatic N) is 2. The SMILES string of the molecule is CC(Nc1ccc(N2CCOCC2)cc1)c1cscn1. The molecule has 1 N–H and O–H groups in total. The Bertz CT molecular complexity index is 521. The molecule has 4 nitrogen and oxygen atoms in total. The Morgan fingerprint density at radius 2 is 2.00 bits per heavy atom. The molecule has 1 saturated heterocycles. The number of thiazole rings is 1. The first-order valence-corrected chi connectivity index (χ1v) is 7.84. The van der Waals surface area contributed by atoms with Crippen LogP contribution in [0.2, 0.25) is 0 Å². The first kappa shape index (κ1) is 13.4. The highest BCUT2D eigenvalue weighted by Crippen LogP contribution is 2.22. The minimum atomic E-state index is 0.232. The van der Waals surface area contributed by atoms with Crippen molar-refractivity contribution >= 4 is 22.7 Å². The third-order valence-electron chi connectivity index (χ3n) is 3.52. The molecule has 1 unspecified atom stereocenters. The second-order valence-corrected chi connectivity index (χ2v) is 5.64. The molecular weight excluding hydrogens is 270 g/mol. The van der Waals surface area contributed by atoms with Crippen LogP contribution in [0.25, 0.3) is 0 Å². The quantitative estimate of drug-likeness (QED) is 0.938. The minimum Gasteiger partial charge on any atom is -0.378 e. The molecule has 0 spiro atoms. The highest BCUT2D eigenvalue weighted by atomic mass is 32.1. The van der Waals surface area contributed by atoms with Gasteiger partial charge in [0.1, 0.15) is 0 Å². The maximum Gasteiger partial charge on any atom is 0.0795 e. The van der Waals surface area contributed by atoms with E-state index in [1.54, 1.807) is 11.3 Å². The molecule has 2 aromatic rings. The number of hydrogen-bond donors (Lipinski definition) is 1. The van der Waals surface area contributed by atoms with Crippen LogP contribution in [0, 0.1) is 0 Å². The summed E-state index contributed by atoms with van der Waals surface area (Å²) in [5.41, 5.74) is 5.35. The van der Waals surface area contributed by atoms with Crippen molar-refractivity contribution < 1.29 is 4.74 Å². The van der Waals surface area contributed by atoms with Gasteiger partial charge in [-0.05, 0) is 31.2 Å². The van der Waals surface area contributed by atoms with Crippen LogP contribution >= 0.6 is 11.3 Å². The van der Waals surface area contributed by atoms with Gasteiger partial charge in [0, 0.05) is 29.8 Å². The first-order valence-electron chi connectivity index (χ1n) is 6.90. The predicted molar refractivity (Wildman–Crippen MR) is 83.6 cm³/mol. The molecule has 1 atom stereocenters. The minimum absolute atomic E-state index is 0.232. The number of morpholine rings is 1. The molecule has 0 radical (unpaired) electrons. The molecule has 106 valence electrons.